The quantitative estimate of drug-likeness (QED) is 0.748. The summed E-state index contributed by atoms with van der Waals surface area (Å²) in [7, 11) is 1.47. The monoisotopic (exact) mass is 252 g/mol. The number of carbonyl (C=O) groups is 2. The number of rotatable bonds is 5. The van der Waals surface area contributed by atoms with E-state index in [9.17, 15) is 9.59 Å². The Kier molecular flexibility index (Phi) is 5.66. The molecule has 0 heterocycles. The van der Waals surface area contributed by atoms with Crippen molar-refractivity contribution in [2.24, 2.45) is 0 Å². The third-order valence-corrected chi connectivity index (χ3v) is 2.10. The first-order chi connectivity index (χ1) is 8.69. The van der Waals surface area contributed by atoms with Gasteiger partial charge in [0, 0.05) is 6.61 Å². The molecule has 1 rings (SSSR count). The minimum Gasteiger partial charge on any atom is -0.496 e. The molecule has 0 saturated heterocycles. The topological polar surface area (TPSA) is 76.7 Å². The Labute approximate surface area is 105 Å². The second-order valence-corrected chi connectivity index (χ2v) is 3.34. The molecule has 2 N–H and O–H groups in total. The van der Waals surface area contributed by atoms with Gasteiger partial charge in [-0.05, 0) is 19.1 Å². The van der Waals surface area contributed by atoms with E-state index in [1.54, 1.807) is 31.2 Å². The Balaban J connectivity index is 2.52. The zero-order valence-electron chi connectivity index (χ0n) is 10.4. The highest BCUT2D eigenvalue weighted by atomic mass is 16.5. The number of hydrazine groups is 1. The number of benzene rings is 1. The maximum absolute atomic E-state index is 11.8. The van der Waals surface area contributed by atoms with Crippen LogP contribution in [0.25, 0.3) is 0 Å². The summed E-state index contributed by atoms with van der Waals surface area (Å²) < 4.78 is 9.93. The van der Waals surface area contributed by atoms with Crippen LogP contribution in [-0.4, -0.2) is 32.1 Å². The Morgan fingerprint density at radius 1 is 1.22 bits per heavy atom. The molecule has 0 fully saturated rings. The molecule has 98 valence electrons. The second-order valence-electron chi connectivity index (χ2n) is 3.34. The van der Waals surface area contributed by atoms with Crippen molar-refractivity contribution in [3.8, 4) is 5.75 Å². The van der Waals surface area contributed by atoms with Gasteiger partial charge in [0.15, 0.2) is 0 Å². The van der Waals surface area contributed by atoms with Crippen molar-refractivity contribution < 1.29 is 19.1 Å². The van der Waals surface area contributed by atoms with E-state index >= 15 is 0 Å². The number of hydrogen-bond donors (Lipinski definition) is 2. The SMILES string of the molecule is CCOCC(=O)NNC(=O)c1ccccc1OC. The molecule has 0 saturated carbocycles. The van der Waals surface area contributed by atoms with E-state index in [1.165, 1.54) is 7.11 Å². The van der Waals surface area contributed by atoms with Crippen LogP contribution in [0.5, 0.6) is 5.75 Å². The summed E-state index contributed by atoms with van der Waals surface area (Å²) in [6.45, 7) is 2.12. The first-order valence-corrected chi connectivity index (χ1v) is 5.49. The first kappa shape index (κ1) is 14.0. The molecule has 1 aromatic carbocycles. The Morgan fingerprint density at radius 3 is 2.61 bits per heavy atom. The average molecular weight is 252 g/mol. The molecule has 0 unspecified atom stereocenters. The van der Waals surface area contributed by atoms with Gasteiger partial charge in [-0.15, -0.1) is 0 Å². The minimum absolute atomic E-state index is 0.0945. The van der Waals surface area contributed by atoms with E-state index < -0.39 is 11.8 Å². The Morgan fingerprint density at radius 2 is 1.94 bits per heavy atom. The Bertz CT molecular complexity index is 420. The molecule has 6 nitrogen and oxygen atoms in total. The van der Waals surface area contributed by atoms with E-state index in [0.29, 0.717) is 17.9 Å². The van der Waals surface area contributed by atoms with Crippen molar-refractivity contribution in [3.63, 3.8) is 0 Å². The van der Waals surface area contributed by atoms with Gasteiger partial charge < -0.3 is 9.47 Å². The number of para-hydroxylation sites is 1. The Hall–Kier alpha value is -2.08. The molecule has 1 aromatic rings. The normalized spacial score (nSPS) is 9.67. The maximum atomic E-state index is 11.8. The highest BCUT2D eigenvalue weighted by molar-refractivity contribution is 5.97. The molecular weight excluding hydrogens is 236 g/mol. The summed E-state index contributed by atoms with van der Waals surface area (Å²) in [5, 5.41) is 0. The zero-order valence-corrected chi connectivity index (χ0v) is 10.4. The summed E-state index contributed by atoms with van der Waals surface area (Å²) in [6, 6.07) is 6.72. The molecule has 0 aliphatic rings. The van der Waals surface area contributed by atoms with Crippen LogP contribution < -0.4 is 15.6 Å². The molecule has 18 heavy (non-hydrogen) atoms. The number of amides is 2. The number of hydrogen-bond acceptors (Lipinski definition) is 4. The fraction of sp³-hybridized carbons (Fsp3) is 0.333. The molecule has 0 aliphatic heterocycles. The molecule has 2 amide bonds. The van der Waals surface area contributed by atoms with Crippen LogP contribution in [0.15, 0.2) is 24.3 Å². The lowest BCUT2D eigenvalue weighted by molar-refractivity contribution is -0.126. The van der Waals surface area contributed by atoms with Crippen molar-refractivity contribution >= 4 is 11.8 Å². The summed E-state index contributed by atoms with van der Waals surface area (Å²) >= 11 is 0. The molecule has 0 radical (unpaired) electrons. The predicted molar refractivity (Wildman–Crippen MR) is 65.1 cm³/mol. The van der Waals surface area contributed by atoms with Gasteiger partial charge in [-0.3, -0.25) is 20.4 Å². The van der Waals surface area contributed by atoms with Gasteiger partial charge >= 0.3 is 0 Å². The van der Waals surface area contributed by atoms with E-state index in [4.69, 9.17) is 9.47 Å². The van der Waals surface area contributed by atoms with Crippen LogP contribution in [-0.2, 0) is 9.53 Å². The maximum Gasteiger partial charge on any atom is 0.273 e. The third-order valence-electron chi connectivity index (χ3n) is 2.10. The summed E-state index contributed by atoms with van der Waals surface area (Å²) in [5.41, 5.74) is 4.88. The predicted octanol–water partition coefficient (Wildman–Crippen LogP) is 0.493. The lowest BCUT2D eigenvalue weighted by Gasteiger charge is -2.09. The van der Waals surface area contributed by atoms with Crippen LogP contribution in [0, 0.1) is 0 Å². The van der Waals surface area contributed by atoms with Crippen molar-refractivity contribution in [1.82, 2.24) is 10.9 Å². The molecule has 6 heteroatoms. The lowest BCUT2D eigenvalue weighted by atomic mass is 10.2. The lowest BCUT2D eigenvalue weighted by Crippen LogP contribution is -2.43. The van der Waals surface area contributed by atoms with E-state index in [1.807, 2.05) is 0 Å². The van der Waals surface area contributed by atoms with Gasteiger partial charge in [0.25, 0.3) is 11.8 Å². The van der Waals surface area contributed by atoms with Gasteiger partial charge in [0.1, 0.15) is 12.4 Å². The second kappa shape index (κ2) is 7.29. The minimum atomic E-state index is -0.447. The highest BCUT2D eigenvalue weighted by Gasteiger charge is 2.11. The number of carbonyl (C=O) groups excluding carboxylic acids is 2. The van der Waals surface area contributed by atoms with Crippen molar-refractivity contribution in [3.05, 3.63) is 29.8 Å². The molecule has 0 aliphatic carbocycles. The number of nitrogens with one attached hydrogen (secondary N) is 2. The smallest absolute Gasteiger partial charge is 0.273 e. The van der Waals surface area contributed by atoms with Gasteiger partial charge in [-0.1, -0.05) is 12.1 Å². The van der Waals surface area contributed by atoms with E-state index in [-0.39, 0.29) is 6.61 Å². The van der Waals surface area contributed by atoms with Crippen LogP contribution in [0.2, 0.25) is 0 Å². The zero-order chi connectivity index (χ0) is 13.4. The molecule has 0 aromatic heterocycles. The fourth-order valence-corrected chi connectivity index (χ4v) is 1.26. The standard InChI is InChI=1S/C12H16N2O4/c1-3-18-8-11(15)13-14-12(16)9-6-4-5-7-10(9)17-2/h4-7H,3,8H2,1-2H3,(H,13,15)(H,14,16). The van der Waals surface area contributed by atoms with Crippen molar-refractivity contribution in [1.29, 1.82) is 0 Å². The van der Waals surface area contributed by atoms with Gasteiger partial charge in [-0.25, -0.2) is 0 Å². The van der Waals surface area contributed by atoms with E-state index in [2.05, 4.69) is 10.9 Å². The molecule has 0 atom stereocenters. The summed E-state index contributed by atoms with van der Waals surface area (Å²) in [6.07, 6.45) is 0. The molecular formula is C12H16N2O4. The first-order valence-electron chi connectivity index (χ1n) is 5.49. The van der Waals surface area contributed by atoms with Gasteiger partial charge in [-0.2, -0.15) is 0 Å². The largest absolute Gasteiger partial charge is 0.496 e. The number of methoxy groups -OCH3 is 1. The van der Waals surface area contributed by atoms with Gasteiger partial charge in [0.2, 0.25) is 0 Å². The van der Waals surface area contributed by atoms with Crippen molar-refractivity contribution in [2.45, 2.75) is 6.92 Å². The van der Waals surface area contributed by atoms with Crippen molar-refractivity contribution in [2.75, 3.05) is 20.3 Å². The van der Waals surface area contributed by atoms with Crippen LogP contribution >= 0.6 is 0 Å². The van der Waals surface area contributed by atoms with E-state index in [0.717, 1.165) is 0 Å². The molecule has 0 spiro atoms. The van der Waals surface area contributed by atoms with Gasteiger partial charge in [0.05, 0.1) is 12.7 Å². The fourth-order valence-electron chi connectivity index (χ4n) is 1.26. The third kappa shape index (κ3) is 4.06. The highest BCUT2D eigenvalue weighted by Crippen LogP contribution is 2.16. The average Bonchev–Trinajstić information content (AvgIpc) is 2.42. The summed E-state index contributed by atoms with van der Waals surface area (Å²) in [4.78, 5) is 23.0. The van der Waals surface area contributed by atoms with Crippen LogP contribution in [0.1, 0.15) is 17.3 Å². The molecule has 0 bridgehead atoms. The van der Waals surface area contributed by atoms with Crippen LogP contribution in [0.4, 0.5) is 0 Å². The number of ether oxygens (including phenoxy) is 2. The van der Waals surface area contributed by atoms with Crippen LogP contribution in [0.3, 0.4) is 0 Å². The summed E-state index contributed by atoms with van der Waals surface area (Å²) in [5.74, 6) is -0.425.